The van der Waals surface area contributed by atoms with Gasteiger partial charge in [0.1, 0.15) is 21.8 Å². The van der Waals surface area contributed by atoms with E-state index in [0.717, 1.165) is 11.3 Å². The van der Waals surface area contributed by atoms with Crippen molar-refractivity contribution in [1.29, 1.82) is 0 Å². The number of hydrogen-bond donors (Lipinski definition) is 4. The molecule has 5 atom stereocenters. The fraction of sp³-hybridized carbons (Fsp3) is 0.611. The maximum atomic E-state index is 14.5. The molecule has 0 radical (unpaired) electrons. The molecular formula is C36H52N6O8S3. The molecule has 3 fully saturated rings. The van der Waals surface area contributed by atoms with Crippen molar-refractivity contribution < 1.29 is 36.0 Å². The van der Waals surface area contributed by atoms with Gasteiger partial charge in [-0.15, -0.1) is 11.3 Å². The summed E-state index contributed by atoms with van der Waals surface area (Å²) in [7, 11) is -6.51. The molecule has 0 spiro atoms. The van der Waals surface area contributed by atoms with E-state index in [1.165, 1.54) is 46.6 Å². The van der Waals surface area contributed by atoms with E-state index in [0.29, 0.717) is 0 Å². The normalized spacial score (nSPS) is 23.0. The molecule has 53 heavy (non-hydrogen) atoms. The lowest BCUT2D eigenvalue weighted by Crippen LogP contribution is -2.63. The molecule has 4 N–H and O–H groups in total. The Morgan fingerprint density at radius 1 is 0.925 bits per heavy atom. The molecule has 3 aliphatic rings. The topological polar surface area (TPSA) is 191 Å². The average Bonchev–Trinajstić information content (AvgIpc) is 3.68. The first kappa shape index (κ1) is 40.6. The van der Waals surface area contributed by atoms with Gasteiger partial charge in [-0.05, 0) is 64.5 Å². The van der Waals surface area contributed by atoms with Crippen molar-refractivity contribution >= 4 is 55.1 Å². The van der Waals surface area contributed by atoms with Crippen LogP contribution in [-0.4, -0.2) is 93.6 Å². The molecule has 2 heterocycles. The number of likely N-dealkylation sites (N-methyl/N-ethyl adjacent to an activating group) is 1. The molecule has 292 valence electrons. The van der Waals surface area contributed by atoms with Crippen molar-refractivity contribution in [3.63, 3.8) is 0 Å². The quantitative estimate of drug-likeness (QED) is 0.252. The Bertz CT molecular complexity index is 1950. The fourth-order valence-electron chi connectivity index (χ4n) is 7.14. The second-order valence-electron chi connectivity index (χ2n) is 17.3. The van der Waals surface area contributed by atoms with Gasteiger partial charge in [0.2, 0.25) is 11.8 Å². The summed E-state index contributed by atoms with van der Waals surface area (Å²) >= 11 is 1.10. The van der Waals surface area contributed by atoms with Crippen LogP contribution in [0.15, 0.2) is 56.9 Å². The molecule has 5 amide bonds. The van der Waals surface area contributed by atoms with Gasteiger partial charge in [-0.25, -0.2) is 26.4 Å². The van der Waals surface area contributed by atoms with Crippen LogP contribution >= 0.6 is 11.3 Å². The molecule has 2 saturated carbocycles. The van der Waals surface area contributed by atoms with Crippen LogP contribution in [0.25, 0.3) is 0 Å². The van der Waals surface area contributed by atoms with E-state index < -0.39 is 78.3 Å². The molecule has 1 aromatic carbocycles. The zero-order chi connectivity index (χ0) is 39.5. The number of thiophene rings is 1. The van der Waals surface area contributed by atoms with Crippen molar-refractivity contribution in [2.75, 3.05) is 20.1 Å². The Balaban J connectivity index is 1.31. The van der Waals surface area contributed by atoms with E-state index in [2.05, 4.69) is 20.7 Å². The Labute approximate surface area is 316 Å². The van der Waals surface area contributed by atoms with Gasteiger partial charge < -0.3 is 20.9 Å². The van der Waals surface area contributed by atoms with Crippen molar-refractivity contribution in [2.45, 2.75) is 101 Å². The Hall–Kier alpha value is -3.54. The van der Waals surface area contributed by atoms with Gasteiger partial charge in [0.15, 0.2) is 0 Å². The summed E-state index contributed by atoms with van der Waals surface area (Å²) in [5, 5.41) is 10.2. The highest BCUT2D eigenvalue weighted by Gasteiger charge is 2.70. The average molecular weight is 793 g/mol. The summed E-state index contributed by atoms with van der Waals surface area (Å²) in [6.45, 7) is 15.3. The summed E-state index contributed by atoms with van der Waals surface area (Å²) in [4.78, 5) is 57.0. The van der Waals surface area contributed by atoms with Gasteiger partial charge in [0.05, 0.1) is 4.90 Å². The van der Waals surface area contributed by atoms with E-state index in [1.54, 1.807) is 38.3 Å². The predicted octanol–water partition coefficient (Wildman–Crippen LogP) is 3.13. The third-order valence-corrected chi connectivity index (χ3v) is 15.5. The first-order valence-electron chi connectivity index (χ1n) is 17.6. The van der Waals surface area contributed by atoms with E-state index in [4.69, 9.17) is 0 Å². The third kappa shape index (κ3) is 8.27. The monoisotopic (exact) mass is 792 g/mol. The summed E-state index contributed by atoms with van der Waals surface area (Å²) in [6.07, 6.45) is 0.469. The van der Waals surface area contributed by atoms with Crippen molar-refractivity contribution in [3.05, 3.63) is 47.8 Å². The van der Waals surface area contributed by atoms with E-state index in [1.807, 2.05) is 34.6 Å². The molecule has 14 nitrogen and oxygen atoms in total. The number of sulfonamides is 2. The molecule has 1 aromatic heterocycles. The highest BCUT2D eigenvalue weighted by molar-refractivity contribution is 7.91. The van der Waals surface area contributed by atoms with Gasteiger partial charge in [0, 0.05) is 26.2 Å². The number of rotatable bonds is 12. The largest absolute Gasteiger partial charge is 0.340 e. The SMILES string of the molecule is CN(C[C@@H](NC(=O)N[C@H](C(=O)N1CC2C([C@H]1C(=O)NC1(C(=O)NS(=O)(=O)c3ccccc3)CC1)C2(C)C)C(C)(C)C)C(C)(C)C)S(=O)(=O)c1cccs1. The minimum Gasteiger partial charge on any atom is -0.340 e. The fourth-order valence-corrected chi connectivity index (χ4v) is 10.6. The third-order valence-electron chi connectivity index (χ3n) is 10.9. The van der Waals surface area contributed by atoms with Crippen molar-refractivity contribution in [1.82, 2.24) is 29.9 Å². The number of amides is 5. The Kier molecular flexibility index (Phi) is 10.7. The number of likely N-dealkylation sites (tertiary alicyclic amines) is 1. The summed E-state index contributed by atoms with van der Waals surface area (Å²) in [5.74, 6) is -2.07. The van der Waals surface area contributed by atoms with Crippen LogP contribution in [0.3, 0.4) is 0 Å². The molecule has 1 saturated heterocycles. The highest BCUT2D eigenvalue weighted by atomic mass is 32.2. The smallest absolute Gasteiger partial charge is 0.315 e. The first-order chi connectivity index (χ1) is 24.3. The Morgan fingerprint density at radius 3 is 2.08 bits per heavy atom. The maximum absolute atomic E-state index is 14.5. The summed E-state index contributed by atoms with van der Waals surface area (Å²) in [5.41, 5.74) is -3.07. The maximum Gasteiger partial charge on any atom is 0.315 e. The number of carbonyl (C=O) groups is 4. The number of nitrogens with zero attached hydrogens (tertiary/aromatic N) is 2. The van der Waals surface area contributed by atoms with Crippen LogP contribution in [0.5, 0.6) is 0 Å². The van der Waals surface area contributed by atoms with E-state index in [-0.39, 0.29) is 52.3 Å². The van der Waals surface area contributed by atoms with Crippen LogP contribution in [0.4, 0.5) is 4.79 Å². The summed E-state index contributed by atoms with van der Waals surface area (Å²) < 4.78 is 55.6. The van der Waals surface area contributed by atoms with E-state index in [9.17, 15) is 36.0 Å². The van der Waals surface area contributed by atoms with Crippen molar-refractivity contribution in [2.24, 2.45) is 28.1 Å². The number of piperidine rings is 1. The highest BCUT2D eigenvalue weighted by Crippen LogP contribution is 2.65. The molecular weight excluding hydrogens is 741 g/mol. The standard InChI is InChI=1S/C36H52N6O8S3/c1-33(2,3)24(21-41(9)53(49,50)25-16-13-19-51-25)37-32(46)38-28(34(4,5)6)30(44)42-20-23-26(35(23,7)8)27(42)29(43)39-36(17-18-36)31(45)40-52(47,48)22-14-11-10-12-15-22/h10-16,19,23-24,26-28H,17-18,20-21H2,1-9H3,(H,39,43)(H,40,45)(H2,37,38,46)/t23?,24-,26?,27+,28-/m1/s1. The van der Waals surface area contributed by atoms with Crippen LogP contribution in [0.1, 0.15) is 68.2 Å². The number of fused-ring (bicyclic) bond motifs is 1. The lowest BCUT2D eigenvalue weighted by molar-refractivity contribution is -0.144. The van der Waals surface area contributed by atoms with Crippen LogP contribution in [0, 0.1) is 28.1 Å². The van der Waals surface area contributed by atoms with Crippen LogP contribution in [0.2, 0.25) is 0 Å². The zero-order valence-electron chi connectivity index (χ0n) is 31.7. The Morgan fingerprint density at radius 2 is 1.55 bits per heavy atom. The predicted molar refractivity (Wildman–Crippen MR) is 200 cm³/mol. The lowest BCUT2D eigenvalue weighted by atomic mass is 9.85. The summed E-state index contributed by atoms with van der Waals surface area (Å²) in [6, 6.07) is 7.29. The van der Waals surface area contributed by atoms with Crippen LogP contribution in [-0.2, 0) is 34.4 Å². The molecule has 17 heteroatoms. The number of benzene rings is 1. The van der Waals surface area contributed by atoms with Crippen LogP contribution < -0.4 is 20.7 Å². The molecule has 2 aromatic rings. The number of hydrogen-bond acceptors (Lipinski definition) is 9. The number of carbonyl (C=O) groups excluding carboxylic acids is 4. The minimum atomic E-state index is -4.18. The van der Waals surface area contributed by atoms with Gasteiger partial charge in [0.25, 0.3) is 26.0 Å². The van der Waals surface area contributed by atoms with Gasteiger partial charge in [-0.1, -0.05) is 79.7 Å². The van der Waals surface area contributed by atoms with Gasteiger partial charge >= 0.3 is 6.03 Å². The van der Waals surface area contributed by atoms with Gasteiger partial charge in [-0.3, -0.25) is 14.4 Å². The first-order valence-corrected chi connectivity index (χ1v) is 21.4. The second kappa shape index (κ2) is 13.9. The molecule has 1 aliphatic heterocycles. The second-order valence-corrected chi connectivity index (χ2v) is 22.2. The zero-order valence-corrected chi connectivity index (χ0v) is 34.2. The molecule has 2 aliphatic carbocycles. The molecule has 0 bridgehead atoms. The number of urea groups is 1. The number of nitrogens with one attached hydrogen (secondary N) is 4. The van der Waals surface area contributed by atoms with Crippen molar-refractivity contribution in [3.8, 4) is 0 Å². The molecule has 5 rings (SSSR count). The molecule has 2 unspecified atom stereocenters. The minimum absolute atomic E-state index is 0.00480. The van der Waals surface area contributed by atoms with E-state index >= 15 is 0 Å². The lowest BCUT2D eigenvalue weighted by Gasteiger charge is -2.39. The van der Waals surface area contributed by atoms with Gasteiger partial charge in [-0.2, -0.15) is 4.31 Å².